The SMILES string of the molecule is C[Si](C)(C)O/[N+]([O-])=C/C1(O)CCCCC1. The van der Waals surface area contributed by atoms with Crippen LogP contribution in [0.25, 0.3) is 0 Å². The third-order valence-corrected chi connectivity index (χ3v) is 3.16. The molecule has 0 spiro atoms. The number of rotatable bonds is 3. The molecule has 1 aliphatic carbocycles. The summed E-state index contributed by atoms with van der Waals surface area (Å²) in [7, 11) is -1.87. The molecule has 0 aliphatic heterocycles. The van der Waals surface area contributed by atoms with Gasteiger partial charge in [-0.15, -0.1) is 0 Å². The third kappa shape index (κ3) is 4.66. The molecule has 0 amide bonds. The van der Waals surface area contributed by atoms with Gasteiger partial charge in [0.1, 0.15) is 5.60 Å². The van der Waals surface area contributed by atoms with Crippen LogP contribution in [0, 0.1) is 5.21 Å². The summed E-state index contributed by atoms with van der Waals surface area (Å²) in [5, 5.41) is 21.5. The molecule has 1 N–H and O–H groups in total. The molecule has 1 aliphatic rings. The van der Waals surface area contributed by atoms with Gasteiger partial charge in [-0.3, -0.25) is 5.21 Å². The number of nitrogens with zero attached hydrogens (tertiary/aromatic N) is 1. The quantitative estimate of drug-likeness (QED) is 0.350. The zero-order valence-corrected chi connectivity index (χ0v) is 10.8. The molecule has 0 heterocycles. The molecule has 0 unspecified atom stereocenters. The molecule has 4 nitrogen and oxygen atoms in total. The molecule has 88 valence electrons. The second-order valence-electron chi connectivity index (χ2n) is 5.28. The Hall–Kier alpha value is -0.553. The van der Waals surface area contributed by atoms with Crippen LogP contribution in [-0.4, -0.2) is 30.1 Å². The van der Waals surface area contributed by atoms with Crippen LogP contribution in [0.2, 0.25) is 19.6 Å². The van der Waals surface area contributed by atoms with Gasteiger partial charge >= 0.3 is 0 Å². The average molecular weight is 231 g/mol. The van der Waals surface area contributed by atoms with Crippen molar-refractivity contribution in [3.05, 3.63) is 5.21 Å². The van der Waals surface area contributed by atoms with Crippen LogP contribution in [0.1, 0.15) is 32.1 Å². The van der Waals surface area contributed by atoms with Crippen LogP contribution in [0.3, 0.4) is 0 Å². The van der Waals surface area contributed by atoms with Gasteiger partial charge in [-0.05, 0) is 12.8 Å². The average Bonchev–Trinajstić information content (AvgIpc) is 1.99. The van der Waals surface area contributed by atoms with E-state index in [0.717, 1.165) is 19.3 Å². The Morgan fingerprint density at radius 3 is 2.27 bits per heavy atom. The van der Waals surface area contributed by atoms with Crippen molar-refractivity contribution >= 4 is 14.5 Å². The molecule has 0 aromatic heterocycles. The van der Waals surface area contributed by atoms with E-state index in [4.69, 9.17) is 4.53 Å². The van der Waals surface area contributed by atoms with Crippen molar-refractivity contribution in [1.82, 2.24) is 0 Å². The molecule has 1 fully saturated rings. The first-order chi connectivity index (χ1) is 6.81. The highest BCUT2D eigenvalue weighted by Crippen LogP contribution is 2.26. The van der Waals surface area contributed by atoms with Crippen LogP contribution in [-0.2, 0) is 4.53 Å². The molecular formula is C10H21NO3Si. The monoisotopic (exact) mass is 231 g/mol. The molecule has 0 radical (unpaired) electrons. The highest BCUT2D eigenvalue weighted by molar-refractivity contribution is 6.69. The van der Waals surface area contributed by atoms with E-state index >= 15 is 0 Å². The van der Waals surface area contributed by atoms with Crippen LogP contribution >= 0.6 is 0 Å². The zero-order chi connectivity index (χ0) is 11.5. The van der Waals surface area contributed by atoms with Gasteiger partial charge in [0.05, 0.1) is 0 Å². The number of aliphatic hydroxyl groups is 1. The van der Waals surface area contributed by atoms with E-state index in [2.05, 4.69) is 0 Å². The molecule has 0 aromatic carbocycles. The van der Waals surface area contributed by atoms with Crippen LogP contribution in [0.5, 0.6) is 0 Å². The molecule has 15 heavy (non-hydrogen) atoms. The van der Waals surface area contributed by atoms with Gasteiger partial charge in [0, 0.05) is 4.90 Å². The maximum atomic E-state index is 11.4. The van der Waals surface area contributed by atoms with Crippen molar-refractivity contribution < 1.29 is 14.5 Å². The molecule has 1 saturated carbocycles. The van der Waals surface area contributed by atoms with Gasteiger partial charge in [-0.25, -0.2) is 0 Å². The van der Waals surface area contributed by atoms with Crippen molar-refractivity contribution in [1.29, 1.82) is 0 Å². The Morgan fingerprint density at radius 1 is 1.27 bits per heavy atom. The summed E-state index contributed by atoms with van der Waals surface area (Å²) < 4.78 is 5.21. The van der Waals surface area contributed by atoms with E-state index in [1.165, 1.54) is 6.21 Å². The lowest BCUT2D eigenvalue weighted by Crippen LogP contribution is -2.39. The molecule has 5 heteroatoms. The second-order valence-corrected chi connectivity index (χ2v) is 9.69. The Balaban J connectivity index is 2.60. The van der Waals surface area contributed by atoms with Gasteiger partial charge in [0.2, 0.25) is 6.21 Å². The molecule has 0 bridgehead atoms. The summed E-state index contributed by atoms with van der Waals surface area (Å²) in [6.45, 7) is 5.82. The molecule has 0 saturated heterocycles. The minimum Gasteiger partial charge on any atom is -0.444 e. The summed E-state index contributed by atoms with van der Waals surface area (Å²) in [6.07, 6.45) is 5.73. The summed E-state index contributed by atoms with van der Waals surface area (Å²) >= 11 is 0. The van der Waals surface area contributed by atoms with Crippen molar-refractivity contribution in [3.63, 3.8) is 0 Å². The van der Waals surface area contributed by atoms with E-state index in [-0.39, 0.29) is 0 Å². The first-order valence-electron chi connectivity index (χ1n) is 5.55. The minimum atomic E-state index is -1.87. The largest absolute Gasteiger partial charge is 0.444 e. The van der Waals surface area contributed by atoms with Gasteiger partial charge in [-0.1, -0.05) is 38.9 Å². The van der Waals surface area contributed by atoms with E-state index in [1.807, 2.05) is 19.6 Å². The molecule has 1 rings (SSSR count). The fraction of sp³-hybridized carbons (Fsp3) is 0.900. The van der Waals surface area contributed by atoms with Crippen molar-refractivity contribution in [2.45, 2.75) is 57.3 Å². The molecule has 0 atom stereocenters. The maximum absolute atomic E-state index is 11.4. The number of hydrogen-bond donors (Lipinski definition) is 1. The van der Waals surface area contributed by atoms with E-state index in [0.29, 0.717) is 17.7 Å². The molecule has 0 aromatic rings. The number of hydrogen-bond acceptors (Lipinski definition) is 3. The van der Waals surface area contributed by atoms with Gasteiger partial charge in [0.15, 0.2) is 8.32 Å². The minimum absolute atomic E-state index is 0.470. The summed E-state index contributed by atoms with van der Waals surface area (Å²) in [6, 6.07) is 0. The zero-order valence-electron chi connectivity index (χ0n) is 9.82. The molecular weight excluding hydrogens is 210 g/mol. The smallest absolute Gasteiger partial charge is 0.240 e. The normalized spacial score (nSPS) is 22.5. The Bertz CT molecular complexity index is 242. The van der Waals surface area contributed by atoms with Crippen LogP contribution in [0.15, 0.2) is 0 Å². The lowest BCUT2D eigenvalue weighted by molar-refractivity contribution is -0.702. The highest BCUT2D eigenvalue weighted by Gasteiger charge is 2.32. The van der Waals surface area contributed by atoms with Crippen LogP contribution in [0.4, 0.5) is 0 Å². The predicted octanol–water partition coefficient (Wildman–Crippen LogP) is 2.03. The summed E-state index contributed by atoms with van der Waals surface area (Å²) in [4.78, 5) is 0.470. The standard InChI is InChI=1S/C10H21NO3Si/c1-15(2,3)14-11(13)9-10(12)7-5-4-6-8-10/h9,12H,4-8H2,1-3H3/b11-9+. The Morgan fingerprint density at radius 2 is 1.80 bits per heavy atom. The summed E-state index contributed by atoms with van der Waals surface area (Å²) in [5.74, 6) is 0. The maximum Gasteiger partial charge on any atom is 0.240 e. The van der Waals surface area contributed by atoms with Gasteiger partial charge < -0.3 is 9.63 Å². The summed E-state index contributed by atoms with van der Waals surface area (Å²) in [5.41, 5.74) is -0.945. The fourth-order valence-corrected chi connectivity index (χ4v) is 2.38. The van der Waals surface area contributed by atoms with E-state index in [9.17, 15) is 10.3 Å². The van der Waals surface area contributed by atoms with Gasteiger partial charge in [0.25, 0.3) is 0 Å². The van der Waals surface area contributed by atoms with Crippen molar-refractivity contribution in [3.8, 4) is 0 Å². The van der Waals surface area contributed by atoms with Crippen molar-refractivity contribution in [2.75, 3.05) is 0 Å². The lowest BCUT2D eigenvalue weighted by atomic mass is 9.86. The Kier molecular flexibility index (Phi) is 3.78. The van der Waals surface area contributed by atoms with Crippen molar-refractivity contribution in [2.24, 2.45) is 0 Å². The van der Waals surface area contributed by atoms with E-state index < -0.39 is 13.9 Å². The predicted molar refractivity (Wildman–Crippen MR) is 62.2 cm³/mol. The third-order valence-electron chi connectivity index (χ3n) is 2.43. The Labute approximate surface area is 92.2 Å². The topological polar surface area (TPSA) is 55.5 Å². The highest BCUT2D eigenvalue weighted by atomic mass is 28.4. The fourth-order valence-electron chi connectivity index (χ4n) is 1.79. The van der Waals surface area contributed by atoms with E-state index in [1.54, 1.807) is 0 Å². The first kappa shape index (κ1) is 12.5. The van der Waals surface area contributed by atoms with Crippen LogP contribution < -0.4 is 0 Å². The first-order valence-corrected chi connectivity index (χ1v) is 8.96. The lowest BCUT2D eigenvalue weighted by Gasteiger charge is -2.27. The second kappa shape index (κ2) is 4.53. The van der Waals surface area contributed by atoms with Gasteiger partial charge in [-0.2, -0.15) is 0 Å².